The Morgan fingerprint density at radius 3 is 2.75 bits per heavy atom. The molecule has 20 heavy (non-hydrogen) atoms. The number of anilines is 2. The van der Waals surface area contributed by atoms with Crippen LogP contribution in [0.25, 0.3) is 5.95 Å². The summed E-state index contributed by atoms with van der Waals surface area (Å²) in [4.78, 5) is 15.9. The highest BCUT2D eigenvalue weighted by molar-refractivity contribution is 6.28. The lowest BCUT2D eigenvalue weighted by Crippen LogP contribution is -2.06. The van der Waals surface area contributed by atoms with E-state index in [1.165, 1.54) is 12.4 Å². The molecule has 8 heteroatoms. The number of imidazole rings is 1. The van der Waals surface area contributed by atoms with Crippen molar-refractivity contribution in [2.45, 2.75) is 0 Å². The van der Waals surface area contributed by atoms with Gasteiger partial charge in [0.1, 0.15) is 12.1 Å². The molecule has 0 radical (unpaired) electrons. The molecule has 0 saturated carbocycles. The van der Waals surface area contributed by atoms with Gasteiger partial charge in [0.05, 0.1) is 5.69 Å². The van der Waals surface area contributed by atoms with E-state index in [4.69, 9.17) is 11.6 Å². The first-order chi connectivity index (χ1) is 9.72. The number of aromatic nitrogens is 5. The van der Waals surface area contributed by atoms with Gasteiger partial charge in [0, 0.05) is 12.4 Å². The summed E-state index contributed by atoms with van der Waals surface area (Å²) in [5.41, 5.74) is 0.256. The third-order valence-electron chi connectivity index (χ3n) is 2.45. The van der Waals surface area contributed by atoms with Crippen molar-refractivity contribution in [1.29, 1.82) is 0 Å². The monoisotopic (exact) mass is 290 g/mol. The molecule has 2 aromatic heterocycles. The Kier molecular flexibility index (Phi) is 3.26. The van der Waals surface area contributed by atoms with E-state index in [0.29, 0.717) is 5.95 Å². The predicted molar refractivity (Wildman–Crippen MR) is 71.6 cm³/mol. The molecule has 0 saturated heterocycles. The highest BCUT2D eigenvalue weighted by atomic mass is 35.5. The predicted octanol–water partition coefficient (Wildman–Crippen LogP) is 2.59. The molecule has 2 heterocycles. The summed E-state index contributed by atoms with van der Waals surface area (Å²) in [5.74, 6) is 0.0355. The van der Waals surface area contributed by atoms with E-state index in [-0.39, 0.29) is 16.9 Å². The molecular formula is C12H8ClFN6. The molecule has 0 aliphatic rings. The van der Waals surface area contributed by atoms with Crippen LogP contribution in [-0.4, -0.2) is 24.5 Å². The second-order valence-electron chi connectivity index (χ2n) is 3.80. The Morgan fingerprint density at radius 1 is 1.15 bits per heavy atom. The summed E-state index contributed by atoms with van der Waals surface area (Å²) in [5, 5.41) is 2.76. The molecule has 3 aromatic rings. The van der Waals surface area contributed by atoms with Gasteiger partial charge in [-0.25, -0.2) is 9.37 Å². The van der Waals surface area contributed by atoms with Crippen molar-refractivity contribution in [3.63, 3.8) is 0 Å². The van der Waals surface area contributed by atoms with Crippen molar-refractivity contribution in [3.8, 4) is 5.95 Å². The molecule has 1 N–H and O–H groups in total. The van der Waals surface area contributed by atoms with Crippen LogP contribution < -0.4 is 5.32 Å². The van der Waals surface area contributed by atoms with Crippen molar-refractivity contribution in [3.05, 3.63) is 54.1 Å². The van der Waals surface area contributed by atoms with Gasteiger partial charge in [0.15, 0.2) is 0 Å². The number of benzene rings is 1. The molecule has 100 valence electrons. The van der Waals surface area contributed by atoms with Crippen LogP contribution >= 0.6 is 11.6 Å². The maximum absolute atomic E-state index is 13.6. The first-order valence-corrected chi connectivity index (χ1v) is 6.01. The van der Waals surface area contributed by atoms with Gasteiger partial charge in [-0.3, -0.25) is 4.57 Å². The van der Waals surface area contributed by atoms with Gasteiger partial charge in [-0.2, -0.15) is 15.0 Å². The van der Waals surface area contributed by atoms with E-state index in [9.17, 15) is 4.39 Å². The third kappa shape index (κ3) is 2.57. The molecule has 0 aliphatic carbocycles. The van der Waals surface area contributed by atoms with Gasteiger partial charge < -0.3 is 5.32 Å². The number of hydrogen-bond acceptors (Lipinski definition) is 5. The van der Waals surface area contributed by atoms with Crippen LogP contribution in [0.4, 0.5) is 16.0 Å². The van der Waals surface area contributed by atoms with Crippen LogP contribution in [0.5, 0.6) is 0 Å². The Bertz CT molecular complexity index is 731. The standard InChI is InChI=1S/C12H8ClFN6/c13-10-17-11(16-9-4-2-1-3-8(9)14)19-12(18-10)20-6-5-15-7-20/h1-7H,(H,16,17,18,19). The van der Waals surface area contributed by atoms with Crippen molar-refractivity contribution in [2.24, 2.45) is 0 Å². The van der Waals surface area contributed by atoms with E-state index >= 15 is 0 Å². The van der Waals surface area contributed by atoms with Crippen LogP contribution in [0.3, 0.4) is 0 Å². The average Bonchev–Trinajstić information content (AvgIpc) is 2.95. The third-order valence-corrected chi connectivity index (χ3v) is 2.62. The Hall–Kier alpha value is -2.54. The zero-order chi connectivity index (χ0) is 13.9. The van der Waals surface area contributed by atoms with E-state index in [1.54, 1.807) is 35.2 Å². The summed E-state index contributed by atoms with van der Waals surface area (Å²) >= 11 is 5.84. The largest absolute Gasteiger partial charge is 0.321 e. The summed E-state index contributed by atoms with van der Waals surface area (Å²) < 4.78 is 15.1. The lowest BCUT2D eigenvalue weighted by atomic mass is 10.3. The zero-order valence-electron chi connectivity index (χ0n) is 10.0. The minimum atomic E-state index is -0.409. The molecular weight excluding hydrogens is 283 g/mol. The number of hydrogen-bond donors (Lipinski definition) is 1. The molecule has 0 amide bonds. The van der Waals surface area contributed by atoms with Gasteiger partial charge in [0.2, 0.25) is 17.2 Å². The summed E-state index contributed by atoms with van der Waals surface area (Å²) in [6.07, 6.45) is 4.78. The van der Waals surface area contributed by atoms with E-state index in [1.807, 2.05) is 0 Å². The zero-order valence-corrected chi connectivity index (χ0v) is 10.8. The van der Waals surface area contributed by atoms with E-state index in [0.717, 1.165) is 0 Å². The van der Waals surface area contributed by atoms with Crippen molar-refractivity contribution >= 4 is 23.2 Å². The van der Waals surface area contributed by atoms with Gasteiger partial charge in [0.25, 0.3) is 0 Å². The second-order valence-corrected chi connectivity index (χ2v) is 4.14. The quantitative estimate of drug-likeness (QED) is 0.803. The molecule has 1 aromatic carbocycles. The van der Waals surface area contributed by atoms with Crippen LogP contribution in [0.1, 0.15) is 0 Å². The van der Waals surface area contributed by atoms with Gasteiger partial charge in [-0.1, -0.05) is 12.1 Å². The van der Waals surface area contributed by atoms with Crippen molar-refractivity contribution in [1.82, 2.24) is 24.5 Å². The number of rotatable bonds is 3. The Balaban J connectivity index is 1.97. The lowest BCUT2D eigenvalue weighted by molar-refractivity contribution is 0.631. The fourth-order valence-electron chi connectivity index (χ4n) is 1.57. The minimum absolute atomic E-state index is 0.00235. The molecule has 6 nitrogen and oxygen atoms in total. The SMILES string of the molecule is Fc1ccccc1Nc1nc(Cl)nc(-n2ccnc2)n1. The van der Waals surface area contributed by atoms with Crippen LogP contribution in [0.15, 0.2) is 43.0 Å². The molecule has 3 rings (SSSR count). The first kappa shape index (κ1) is 12.5. The number of nitrogens with zero attached hydrogens (tertiary/aromatic N) is 5. The molecule has 0 unspecified atom stereocenters. The lowest BCUT2D eigenvalue weighted by Gasteiger charge is -2.07. The first-order valence-electron chi connectivity index (χ1n) is 5.64. The summed E-state index contributed by atoms with van der Waals surface area (Å²) in [7, 11) is 0. The van der Waals surface area contributed by atoms with Crippen molar-refractivity contribution < 1.29 is 4.39 Å². The smallest absolute Gasteiger partial charge is 0.241 e. The van der Waals surface area contributed by atoms with Crippen LogP contribution in [0.2, 0.25) is 5.28 Å². The highest BCUT2D eigenvalue weighted by Gasteiger charge is 2.08. The van der Waals surface area contributed by atoms with Crippen LogP contribution in [-0.2, 0) is 0 Å². The summed E-state index contributed by atoms with van der Waals surface area (Å²) in [6.45, 7) is 0. The maximum Gasteiger partial charge on any atom is 0.241 e. The minimum Gasteiger partial charge on any atom is -0.321 e. The summed E-state index contributed by atoms with van der Waals surface area (Å²) in [6, 6.07) is 6.20. The Morgan fingerprint density at radius 2 is 2.00 bits per heavy atom. The molecule has 0 aliphatic heterocycles. The van der Waals surface area contributed by atoms with Gasteiger partial charge in [-0.15, -0.1) is 0 Å². The second kappa shape index (κ2) is 5.22. The Labute approximate surface area is 118 Å². The van der Waals surface area contributed by atoms with E-state index < -0.39 is 5.82 Å². The fourth-order valence-corrected chi connectivity index (χ4v) is 1.73. The number of nitrogens with one attached hydrogen (secondary N) is 1. The van der Waals surface area contributed by atoms with Gasteiger partial charge >= 0.3 is 0 Å². The van der Waals surface area contributed by atoms with Crippen molar-refractivity contribution in [2.75, 3.05) is 5.32 Å². The number of halogens is 2. The normalized spacial score (nSPS) is 10.5. The van der Waals surface area contributed by atoms with Crippen LogP contribution in [0, 0.1) is 5.82 Å². The average molecular weight is 291 g/mol. The molecule has 0 atom stereocenters. The van der Waals surface area contributed by atoms with E-state index in [2.05, 4.69) is 25.3 Å². The number of para-hydroxylation sites is 1. The van der Waals surface area contributed by atoms with Gasteiger partial charge in [-0.05, 0) is 23.7 Å². The molecule has 0 spiro atoms. The maximum atomic E-state index is 13.6. The highest BCUT2D eigenvalue weighted by Crippen LogP contribution is 2.18. The molecule has 0 bridgehead atoms. The topological polar surface area (TPSA) is 68.5 Å². The molecule has 0 fully saturated rings. The fraction of sp³-hybridized carbons (Fsp3) is 0.